The molecule has 1 aliphatic carbocycles. The van der Waals surface area contributed by atoms with Crippen molar-refractivity contribution >= 4 is 22.4 Å². The quantitative estimate of drug-likeness (QED) is 0.617. The number of hydrogen-bond acceptors (Lipinski definition) is 3. The summed E-state index contributed by atoms with van der Waals surface area (Å²) >= 11 is 0. The molecule has 0 aromatic heterocycles. The maximum Gasteiger partial charge on any atom is 0.270 e. The summed E-state index contributed by atoms with van der Waals surface area (Å²) in [6.07, 6.45) is 1.49. The van der Waals surface area contributed by atoms with Crippen molar-refractivity contribution in [3.63, 3.8) is 0 Å². The lowest BCUT2D eigenvalue weighted by molar-refractivity contribution is -0.384. The monoisotopic (exact) mass is 280 g/mol. The maximum absolute atomic E-state index is 12.0. The average molecular weight is 280 g/mol. The first-order valence-electron chi connectivity index (χ1n) is 6.06. The van der Waals surface area contributed by atoms with E-state index in [1.54, 1.807) is 6.07 Å². The fourth-order valence-electron chi connectivity index (χ4n) is 1.88. The number of aryl methyl sites for hydroxylation is 1. The van der Waals surface area contributed by atoms with E-state index in [-0.39, 0.29) is 5.69 Å². The predicted octanol–water partition coefficient (Wildman–Crippen LogP) is 2.79. The Labute approximate surface area is 114 Å². The number of rotatable bonds is 2. The van der Waals surface area contributed by atoms with Crippen molar-refractivity contribution in [2.24, 2.45) is 4.40 Å². The fourth-order valence-corrected chi connectivity index (χ4v) is 2.55. The number of benzene rings is 1. The summed E-state index contributed by atoms with van der Waals surface area (Å²) in [6, 6.07) is 4.79. The first-order valence-corrected chi connectivity index (χ1v) is 7.17. The molecule has 0 fully saturated rings. The summed E-state index contributed by atoms with van der Waals surface area (Å²) in [5, 5.41) is 10.8. The van der Waals surface area contributed by atoms with E-state index in [1.165, 1.54) is 12.1 Å². The van der Waals surface area contributed by atoms with Gasteiger partial charge in [-0.1, -0.05) is 6.07 Å². The van der Waals surface area contributed by atoms with E-state index < -0.39 is 20.7 Å². The third kappa shape index (κ3) is 2.89. The van der Waals surface area contributed by atoms with E-state index in [2.05, 4.69) is 4.40 Å². The van der Waals surface area contributed by atoms with Crippen LogP contribution in [0.25, 0.3) is 0 Å². The third-order valence-electron chi connectivity index (χ3n) is 2.96. The van der Waals surface area contributed by atoms with Crippen LogP contribution in [0.4, 0.5) is 5.69 Å². The second-order valence-corrected chi connectivity index (χ2v) is 7.40. The number of hydrogen-bond donors (Lipinski definition) is 0. The highest BCUT2D eigenvalue weighted by Gasteiger charge is 2.25. The van der Waals surface area contributed by atoms with Gasteiger partial charge in [-0.3, -0.25) is 10.1 Å². The van der Waals surface area contributed by atoms with Crippen LogP contribution in [0.15, 0.2) is 22.6 Å². The summed E-state index contributed by atoms with van der Waals surface area (Å²) in [4.78, 5) is 10.4. The molecular formula is C13H16N2O3S. The van der Waals surface area contributed by atoms with Crippen molar-refractivity contribution in [3.8, 4) is 0 Å². The number of nitro benzene ring substituents is 1. The van der Waals surface area contributed by atoms with Crippen LogP contribution in [-0.4, -0.2) is 19.6 Å². The van der Waals surface area contributed by atoms with Crippen LogP contribution < -0.4 is 0 Å². The zero-order chi connectivity index (χ0) is 14.2. The SMILES string of the molecule is CC(C)(C)[S@@](=O)N=C1CCc2ccc([N+](=O)[O-])cc21. The molecule has 2 rings (SSSR count). The van der Waals surface area contributed by atoms with Gasteiger partial charge < -0.3 is 0 Å². The van der Waals surface area contributed by atoms with E-state index in [9.17, 15) is 14.3 Å². The third-order valence-corrected chi connectivity index (χ3v) is 4.40. The van der Waals surface area contributed by atoms with Gasteiger partial charge in [0.15, 0.2) is 0 Å². The van der Waals surface area contributed by atoms with E-state index >= 15 is 0 Å². The molecule has 0 unspecified atom stereocenters. The fraction of sp³-hybridized carbons (Fsp3) is 0.462. The molecule has 102 valence electrons. The molecule has 1 aliphatic rings. The Balaban J connectivity index is 2.41. The van der Waals surface area contributed by atoms with Gasteiger partial charge in [0, 0.05) is 17.7 Å². The predicted molar refractivity (Wildman–Crippen MR) is 75.8 cm³/mol. The molecule has 0 bridgehead atoms. The molecular weight excluding hydrogens is 264 g/mol. The molecule has 0 saturated carbocycles. The molecule has 0 spiro atoms. The minimum absolute atomic E-state index is 0.0508. The van der Waals surface area contributed by atoms with Gasteiger partial charge >= 0.3 is 0 Å². The van der Waals surface area contributed by atoms with Gasteiger partial charge in [-0.2, -0.15) is 4.40 Å². The molecule has 0 amide bonds. The van der Waals surface area contributed by atoms with Crippen LogP contribution in [-0.2, 0) is 17.4 Å². The van der Waals surface area contributed by atoms with Crippen LogP contribution >= 0.6 is 0 Å². The number of fused-ring (bicyclic) bond motifs is 1. The Morgan fingerprint density at radius 2 is 2.00 bits per heavy atom. The summed E-state index contributed by atoms with van der Waals surface area (Å²) in [6.45, 7) is 5.57. The smallest absolute Gasteiger partial charge is 0.258 e. The molecule has 1 aromatic rings. The lowest BCUT2D eigenvalue weighted by atomic mass is 10.1. The average Bonchev–Trinajstić information content (AvgIpc) is 2.70. The van der Waals surface area contributed by atoms with E-state index in [0.717, 1.165) is 17.5 Å². The van der Waals surface area contributed by atoms with Crippen LogP contribution in [0.2, 0.25) is 0 Å². The highest BCUT2D eigenvalue weighted by atomic mass is 32.2. The van der Waals surface area contributed by atoms with E-state index in [0.29, 0.717) is 12.1 Å². The molecule has 19 heavy (non-hydrogen) atoms. The topological polar surface area (TPSA) is 72.6 Å². The molecule has 1 aromatic carbocycles. The number of nitro groups is 1. The highest BCUT2D eigenvalue weighted by molar-refractivity contribution is 7.85. The highest BCUT2D eigenvalue weighted by Crippen LogP contribution is 2.28. The first-order chi connectivity index (χ1) is 8.79. The second kappa shape index (κ2) is 4.85. The summed E-state index contributed by atoms with van der Waals surface area (Å²) in [5.41, 5.74) is 2.57. The largest absolute Gasteiger partial charge is 0.270 e. The van der Waals surface area contributed by atoms with Gasteiger partial charge in [-0.15, -0.1) is 0 Å². The Hall–Kier alpha value is -1.56. The molecule has 0 N–H and O–H groups in total. The Kier molecular flexibility index (Phi) is 3.54. The summed E-state index contributed by atoms with van der Waals surface area (Å²) < 4.78 is 15.9. The van der Waals surface area contributed by atoms with Gasteiger partial charge in [-0.25, -0.2) is 4.21 Å². The summed E-state index contributed by atoms with van der Waals surface area (Å²) in [7, 11) is -1.33. The van der Waals surface area contributed by atoms with Crippen molar-refractivity contribution in [3.05, 3.63) is 39.4 Å². The second-order valence-electron chi connectivity index (χ2n) is 5.50. The van der Waals surface area contributed by atoms with Gasteiger partial charge in [0.05, 0.1) is 15.4 Å². The van der Waals surface area contributed by atoms with Crippen molar-refractivity contribution in [1.29, 1.82) is 0 Å². The molecule has 1 atom stereocenters. The Morgan fingerprint density at radius 1 is 1.32 bits per heavy atom. The van der Waals surface area contributed by atoms with Crippen molar-refractivity contribution < 1.29 is 9.13 Å². The lowest BCUT2D eigenvalue weighted by Gasteiger charge is -2.14. The Bertz CT molecular complexity index is 588. The first kappa shape index (κ1) is 13.9. The van der Waals surface area contributed by atoms with Crippen LogP contribution in [0.3, 0.4) is 0 Å². The molecule has 0 radical (unpaired) electrons. The van der Waals surface area contributed by atoms with Crippen LogP contribution in [0.5, 0.6) is 0 Å². The lowest BCUT2D eigenvalue weighted by Crippen LogP contribution is -2.20. The number of non-ortho nitro benzene ring substituents is 1. The maximum atomic E-state index is 12.0. The molecule has 6 heteroatoms. The van der Waals surface area contributed by atoms with Gasteiger partial charge in [-0.05, 0) is 39.2 Å². The van der Waals surface area contributed by atoms with Crippen molar-refractivity contribution in [2.45, 2.75) is 38.4 Å². The van der Waals surface area contributed by atoms with Gasteiger partial charge in [0.2, 0.25) is 0 Å². The van der Waals surface area contributed by atoms with Crippen LogP contribution in [0, 0.1) is 10.1 Å². The zero-order valence-electron chi connectivity index (χ0n) is 11.2. The Morgan fingerprint density at radius 3 is 2.58 bits per heavy atom. The van der Waals surface area contributed by atoms with E-state index in [4.69, 9.17) is 0 Å². The normalized spacial score (nSPS) is 18.4. The summed E-state index contributed by atoms with van der Waals surface area (Å²) in [5.74, 6) is 0. The zero-order valence-corrected chi connectivity index (χ0v) is 12.0. The standard InChI is InChI=1S/C13H16N2O3S/c1-13(2,3)19(18)14-12-7-5-9-4-6-10(15(16)17)8-11(9)12/h4,6,8H,5,7H2,1-3H3/t19-/m1/s1. The van der Waals surface area contributed by atoms with Crippen molar-refractivity contribution in [2.75, 3.05) is 0 Å². The minimum Gasteiger partial charge on any atom is -0.258 e. The van der Waals surface area contributed by atoms with Gasteiger partial charge in [0.1, 0.15) is 11.0 Å². The molecule has 5 nitrogen and oxygen atoms in total. The van der Waals surface area contributed by atoms with E-state index in [1.807, 2.05) is 20.8 Å². The number of nitrogens with zero attached hydrogens (tertiary/aromatic N) is 2. The van der Waals surface area contributed by atoms with Gasteiger partial charge in [0.25, 0.3) is 5.69 Å². The molecule has 0 aliphatic heterocycles. The minimum atomic E-state index is -1.33. The molecule has 0 saturated heterocycles. The molecule has 0 heterocycles. The van der Waals surface area contributed by atoms with Crippen LogP contribution in [0.1, 0.15) is 38.3 Å². The van der Waals surface area contributed by atoms with Crippen molar-refractivity contribution in [1.82, 2.24) is 0 Å².